The van der Waals surface area contributed by atoms with E-state index in [4.69, 9.17) is 10.2 Å². The first-order valence-corrected chi connectivity index (χ1v) is 5.63. The average molecular weight is 198 g/mol. The van der Waals surface area contributed by atoms with Gasteiger partial charge in [-0.25, -0.2) is 4.98 Å². The molecule has 2 rings (SSSR count). The highest BCUT2D eigenvalue weighted by Crippen LogP contribution is 2.38. The van der Waals surface area contributed by atoms with Crippen LogP contribution in [0.5, 0.6) is 0 Å². The molecule has 0 spiro atoms. The van der Waals surface area contributed by atoms with Crippen molar-refractivity contribution in [2.75, 3.05) is 11.5 Å². The predicted octanol–water partition coefficient (Wildman–Crippen LogP) is 1.53. The van der Waals surface area contributed by atoms with Crippen molar-refractivity contribution in [1.29, 1.82) is 0 Å². The van der Waals surface area contributed by atoms with Crippen molar-refractivity contribution in [3.8, 4) is 0 Å². The van der Waals surface area contributed by atoms with Crippen molar-refractivity contribution in [3.63, 3.8) is 0 Å². The van der Waals surface area contributed by atoms with Gasteiger partial charge in [-0.3, -0.25) is 0 Å². The molecule has 2 N–H and O–H groups in total. The van der Waals surface area contributed by atoms with Crippen molar-refractivity contribution >= 4 is 11.8 Å². The molecule has 2 heterocycles. The molecular formula is C9H14N2OS. The predicted molar refractivity (Wildman–Crippen MR) is 53.7 cm³/mol. The zero-order valence-electron chi connectivity index (χ0n) is 7.75. The molecule has 4 heteroatoms. The Kier molecular flexibility index (Phi) is 2.34. The van der Waals surface area contributed by atoms with Crippen molar-refractivity contribution in [3.05, 3.63) is 17.8 Å². The van der Waals surface area contributed by atoms with Gasteiger partial charge in [0.15, 0.2) is 0 Å². The molecule has 0 saturated carbocycles. The van der Waals surface area contributed by atoms with Crippen LogP contribution in [0.15, 0.2) is 10.6 Å². The second kappa shape index (κ2) is 3.35. The maximum atomic E-state index is 5.57. The lowest BCUT2D eigenvalue weighted by Gasteiger charge is -2.18. The van der Waals surface area contributed by atoms with E-state index in [9.17, 15) is 0 Å². The third kappa shape index (κ3) is 1.60. The Morgan fingerprint density at radius 2 is 2.62 bits per heavy atom. The summed E-state index contributed by atoms with van der Waals surface area (Å²) in [6.45, 7) is 2.62. The van der Waals surface area contributed by atoms with Crippen LogP contribution in [0.4, 0.5) is 0 Å². The molecule has 1 aromatic heterocycles. The van der Waals surface area contributed by atoms with E-state index < -0.39 is 0 Å². The highest BCUT2D eigenvalue weighted by atomic mass is 32.2. The molecule has 1 atom stereocenters. The summed E-state index contributed by atoms with van der Waals surface area (Å²) in [5.74, 6) is 3.99. The van der Waals surface area contributed by atoms with Gasteiger partial charge in [0.05, 0.1) is 12.7 Å². The molecule has 0 radical (unpaired) electrons. The van der Waals surface area contributed by atoms with E-state index in [1.54, 1.807) is 0 Å². The van der Waals surface area contributed by atoms with Gasteiger partial charge in [0.25, 0.3) is 0 Å². The molecule has 1 aromatic rings. The molecule has 72 valence electrons. The molecule has 0 aromatic carbocycles. The lowest BCUT2D eigenvalue weighted by Crippen LogP contribution is -2.19. The fourth-order valence-corrected chi connectivity index (χ4v) is 3.02. The van der Waals surface area contributed by atoms with Crippen molar-refractivity contribution in [2.24, 2.45) is 5.73 Å². The monoisotopic (exact) mass is 198 g/mol. The first kappa shape index (κ1) is 9.09. The minimum Gasteiger partial charge on any atom is -0.444 e. The van der Waals surface area contributed by atoms with E-state index in [2.05, 4.69) is 11.9 Å². The molecule has 13 heavy (non-hydrogen) atoms. The van der Waals surface area contributed by atoms with Gasteiger partial charge in [-0.1, -0.05) is 6.92 Å². The van der Waals surface area contributed by atoms with Crippen molar-refractivity contribution in [1.82, 2.24) is 4.98 Å². The number of aromatic nitrogens is 1. The standard InChI is InChI=1S/C9H14N2OS/c1-9(2-3-13-6-9)7-5-11-8(4-10)12-7/h5H,2-4,6,10H2,1H3. The van der Waals surface area contributed by atoms with Crippen LogP contribution in [0.1, 0.15) is 25.0 Å². The maximum Gasteiger partial charge on any atom is 0.208 e. The van der Waals surface area contributed by atoms with Crippen LogP contribution in [0.25, 0.3) is 0 Å². The lowest BCUT2D eigenvalue weighted by molar-refractivity contribution is 0.369. The third-order valence-corrected chi connectivity index (χ3v) is 3.88. The van der Waals surface area contributed by atoms with Crippen LogP contribution < -0.4 is 5.73 Å². The number of nitrogens with two attached hydrogens (primary N) is 1. The highest BCUT2D eigenvalue weighted by Gasteiger charge is 2.34. The summed E-state index contributed by atoms with van der Waals surface area (Å²) < 4.78 is 5.57. The fourth-order valence-electron chi connectivity index (χ4n) is 1.55. The van der Waals surface area contributed by atoms with E-state index in [1.807, 2.05) is 18.0 Å². The first-order valence-electron chi connectivity index (χ1n) is 4.47. The number of oxazole rings is 1. The van der Waals surface area contributed by atoms with Crippen molar-refractivity contribution < 1.29 is 4.42 Å². The van der Waals surface area contributed by atoms with Gasteiger partial charge in [-0.15, -0.1) is 0 Å². The minimum absolute atomic E-state index is 0.186. The fraction of sp³-hybridized carbons (Fsp3) is 0.667. The molecular weight excluding hydrogens is 184 g/mol. The van der Waals surface area contributed by atoms with Crippen LogP contribution in [-0.2, 0) is 12.0 Å². The number of nitrogens with zero attached hydrogens (tertiary/aromatic N) is 1. The van der Waals surface area contributed by atoms with Gasteiger partial charge in [-0.2, -0.15) is 11.8 Å². The normalized spacial score (nSPS) is 28.2. The Hall–Kier alpha value is -0.480. The Labute approximate surface area is 82.1 Å². The summed E-state index contributed by atoms with van der Waals surface area (Å²) >= 11 is 1.97. The van der Waals surface area contributed by atoms with E-state index in [-0.39, 0.29) is 5.41 Å². The van der Waals surface area contributed by atoms with Crippen LogP contribution >= 0.6 is 11.8 Å². The lowest BCUT2D eigenvalue weighted by atomic mass is 9.88. The van der Waals surface area contributed by atoms with Gasteiger partial charge < -0.3 is 10.2 Å². The van der Waals surface area contributed by atoms with Gasteiger partial charge in [-0.05, 0) is 12.2 Å². The van der Waals surface area contributed by atoms with Gasteiger partial charge in [0, 0.05) is 11.2 Å². The van der Waals surface area contributed by atoms with Crippen LogP contribution in [0, 0.1) is 0 Å². The number of rotatable bonds is 2. The van der Waals surface area contributed by atoms with Gasteiger partial charge in [0.2, 0.25) is 5.89 Å². The quantitative estimate of drug-likeness (QED) is 0.783. The molecule has 0 amide bonds. The molecule has 1 fully saturated rings. The van der Waals surface area contributed by atoms with E-state index in [1.165, 1.54) is 12.2 Å². The molecule has 1 aliphatic heterocycles. The Morgan fingerprint density at radius 1 is 1.77 bits per heavy atom. The topological polar surface area (TPSA) is 52.0 Å². The second-order valence-corrected chi connectivity index (χ2v) is 4.79. The minimum atomic E-state index is 0.186. The van der Waals surface area contributed by atoms with Crippen LogP contribution in [0.3, 0.4) is 0 Å². The summed E-state index contributed by atoms with van der Waals surface area (Å²) in [5.41, 5.74) is 5.63. The Morgan fingerprint density at radius 3 is 3.15 bits per heavy atom. The summed E-state index contributed by atoms with van der Waals surface area (Å²) in [6.07, 6.45) is 3.00. The van der Waals surface area contributed by atoms with Crippen LogP contribution in [-0.4, -0.2) is 16.5 Å². The molecule has 1 aliphatic rings. The zero-order valence-corrected chi connectivity index (χ0v) is 8.56. The van der Waals surface area contributed by atoms with Crippen molar-refractivity contribution in [2.45, 2.75) is 25.3 Å². The summed E-state index contributed by atoms with van der Waals surface area (Å²) in [7, 11) is 0. The zero-order chi connectivity index (χ0) is 9.31. The largest absolute Gasteiger partial charge is 0.444 e. The van der Waals surface area contributed by atoms with E-state index in [0.29, 0.717) is 12.4 Å². The molecule has 0 bridgehead atoms. The highest BCUT2D eigenvalue weighted by molar-refractivity contribution is 7.99. The second-order valence-electron chi connectivity index (χ2n) is 3.69. The number of hydrogen-bond acceptors (Lipinski definition) is 4. The SMILES string of the molecule is CC1(c2cnc(CN)o2)CCSC1. The third-order valence-electron chi connectivity index (χ3n) is 2.54. The molecule has 1 saturated heterocycles. The summed E-state index contributed by atoms with van der Waals surface area (Å²) in [4.78, 5) is 4.12. The smallest absolute Gasteiger partial charge is 0.208 e. The molecule has 1 unspecified atom stereocenters. The average Bonchev–Trinajstić information content (AvgIpc) is 2.72. The number of hydrogen-bond donors (Lipinski definition) is 1. The van der Waals surface area contributed by atoms with Gasteiger partial charge >= 0.3 is 0 Å². The van der Waals surface area contributed by atoms with E-state index >= 15 is 0 Å². The summed E-state index contributed by atoms with van der Waals surface area (Å²) in [6, 6.07) is 0. The molecule has 3 nitrogen and oxygen atoms in total. The van der Waals surface area contributed by atoms with Gasteiger partial charge in [0.1, 0.15) is 5.76 Å². The first-order chi connectivity index (χ1) is 6.24. The van der Waals surface area contributed by atoms with Crippen LogP contribution in [0.2, 0.25) is 0 Å². The Balaban J connectivity index is 2.23. The van der Waals surface area contributed by atoms with E-state index in [0.717, 1.165) is 11.5 Å². The maximum absolute atomic E-state index is 5.57. The molecule has 0 aliphatic carbocycles. The Bertz CT molecular complexity index is 292. The summed E-state index contributed by atoms with van der Waals surface area (Å²) in [5, 5.41) is 0. The number of thioether (sulfide) groups is 1.